The van der Waals surface area contributed by atoms with E-state index in [1.807, 2.05) is 0 Å². The number of hydrogen-bond acceptors (Lipinski definition) is 2. The highest BCUT2D eigenvalue weighted by molar-refractivity contribution is 5.73. The Morgan fingerprint density at radius 3 is 2.38 bits per heavy atom. The molecule has 0 N–H and O–H groups in total. The molecule has 1 aliphatic rings. The van der Waals surface area contributed by atoms with Gasteiger partial charge in [0.25, 0.3) is 0 Å². The lowest BCUT2D eigenvalue weighted by Crippen LogP contribution is -2.19. The minimum Gasteiger partial charge on any atom is -0.469 e. The Hall–Kier alpha value is -0.790. The van der Waals surface area contributed by atoms with E-state index in [0.717, 1.165) is 6.42 Å². The molecule has 0 aromatic heterocycles. The van der Waals surface area contributed by atoms with Gasteiger partial charge in [-0.3, -0.25) is 4.79 Å². The van der Waals surface area contributed by atoms with Crippen molar-refractivity contribution in [3.8, 4) is 0 Å². The summed E-state index contributed by atoms with van der Waals surface area (Å²) in [5.74, 6) is 0.979. The maximum atomic E-state index is 11.7. The second-order valence-electron chi connectivity index (χ2n) is 5.65. The Morgan fingerprint density at radius 2 is 2.00 bits per heavy atom. The quantitative estimate of drug-likeness (QED) is 0.540. The van der Waals surface area contributed by atoms with Crippen molar-refractivity contribution >= 4 is 5.97 Å². The van der Waals surface area contributed by atoms with Crippen molar-refractivity contribution in [2.75, 3.05) is 7.11 Å². The number of carbonyl (C=O) groups excluding carboxylic acids is 1. The average molecular weight is 224 g/mol. The van der Waals surface area contributed by atoms with Crippen LogP contribution in [0, 0.1) is 23.2 Å². The molecule has 0 radical (unpaired) electrons. The molecule has 0 spiro atoms. The summed E-state index contributed by atoms with van der Waals surface area (Å²) in [6, 6.07) is 0. The maximum absolute atomic E-state index is 11.7. The van der Waals surface area contributed by atoms with E-state index in [0.29, 0.717) is 11.8 Å². The third kappa shape index (κ3) is 2.31. The summed E-state index contributed by atoms with van der Waals surface area (Å²) < 4.78 is 4.89. The van der Waals surface area contributed by atoms with Crippen molar-refractivity contribution in [2.45, 2.75) is 41.0 Å². The molecule has 2 heteroatoms. The Balaban J connectivity index is 2.82. The molecular weight excluding hydrogens is 200 g/mol. The normalized spacial score (nSPS) is 28.1. The first-order chi connectivity index (χ1) is 7.36. The molecule has 1 fully saturated rings. The predicted octanol–water partition coefficient (Wildman–Crippen LogP) is 3.42. The third-order valence-electron chi connectivity index (χ3n) is 3.89. The van der Waals surface area contributed by atoms with Crippen molar-refractivity contribution in [1.29, 1.82) is 0 Å². The van der Waals surface area contributed by atoms with E-state index in [2.05, 4.69) is 40.7 Å². The summed E-state index contributed by atoms with van der Waals surface area (Å²) in [6.07, 6.45) is 3.17. The van der Waals surface area contributed by atoms with E-state index >= 15 is 0 Å². The van der Waals surface area contributed by atoms with Crippen LogP contribution in [0.15, 0.2) is 11.6 Å². The zero-order chi connectivity index (χ0) is 12.5. The van der Waals surface area contributed by atoms with E-state index in [4.69, 9.17) is 4.74 Å². The summed E-state index contributed by atoms with van der Waals surface area (Å²) in [4.78, 5) is 11.7. The minimum atomic E-state index is -0.0507. The smallest absolute Gasteiger partial charge is 0.308 e. The van der Waals surface area contributed by atoms with Gasteiger partial charge in [-0.05, 0) is 37.5 Å². The summed E-state index contributed by atoms with van der Waals surface area (Å²) in [5, 5.41) is 0. The number of carbonyl (C=O) groups is 1. The molecule has 0 saturated heterocycles. The van der Waals surface area contributed by atoms with E-state index in [-0.39, 0.29) is 17.3 Å². The van der Waals surface area contributed by atoms with Crippen molar-refractivity contribution in [3.63, 3.8) is 0 Å². The maximum Gasteiger partial charge on any atom is 0.308 e. The zero-order valence-electron chi connectivity index (χ0n) is 11.3. The van der Waals surface area contributed by atoms with Gasteiger partial charge in [0, 0.05) is 0 Å². The van der Waals surface area contributed by atoms with E-state index in [9.17, 15) is 4.79 Å². The molecule has 92 valence electrons. The van der Waals surface area contributed by atoms with Crippen LogP contribution in [0.5, 0.6) is 0 Å². The topological polar surface area (TPSA) is 26.3 Å². The van der Waals surface area contributed by atoms with Crippen molar-refractivity contribution in [1.82, 2.24) is 0 Å². The molecule has 1 saturated carbocycles. The van der Waals surface area contributed by atoms with Crippen LogP contribution in [0.1, 0.15) is 41.0 Å². The highest BCUT2D eigenvalue weighted by Crippen LogP contribution is 2.63. The van der Waals surface area contributed by atoms with Gasteiger partial charge in [0.05, 0.1) is 13.0 Å². The highest BCUT2D eigenvalue weighted by atomic mass is 16.5. The van der Waals surface area contributed by atoms with Crippen LogP contribution >= 0.6 is 0 Å². The van der Waals surface area contributed by atoms with E-state index in [1.54, 1.807) is 0 Å². The van der Waals surface area contributed by atoms with Gasteiger partial charge in [0.15, 0.2) is 0 Å². The van der Waals surface area contributed by atoms with Crippen molar-refractivity contribution < 1.29 is 9.53 Å². The zero-order valence-corrected chi connectivity index (χ0v) is 11.3. The molecule has 1 rings (SSSR count). The van der Waals surface area contributed by atoms with E-state index < -0.39 is 0 Å². The van der Waals surface area contributed by atoms with Crippen LogP contribution < -0.4 is 0 Å². The van der Waals surface area contributed by atoms with Gasteiger partial charge < -0.3 is 4.74 Å². The van der Waals surface area contributed by atoms with Crippen molar-refractivity contribution in [3.05, 3.63) is 11.6 Å². The fraction of sp³-hybridized carbons (Fsp3) is 0.786. The summed E-state index contributed by atoms with van der Waals surface area (Å²) in [6.45, 7) is 10.8. The monoisotopic (exact) mass is 224 g/mol. The van der Waals surface area contributed by atoms with Gasteiger partial charge in [-0.25, -0.2) is 0 Å². The van der Waals surface area contributed by atoms with Gasteiger partial charge in [0.2, 0.25) is 0 Å². The number of methoxy groups -OCH3 is 1. The van der Waals surface area contributed by atoms with Gasteiger partial charge in [-0.15, -0.1) is 0 Å². The Morgan fingerprint density at radius 1 is 1.44 bits per heavy atom. The fourth-order valence-corrected chi connectivity index (χ4v) is 2.88. The van der Waals surface area contributed by atoms with Crippen LogP contribution in [0.2, 0.25) is 0 Å². The Kier molecular flexibility index (Phi) is 3.82. The first-order valence-corrected chi connectivity index (χ1v) is 6.09. The standard InChI is InChI=1S/C14H24O2/c1-7-10(13(15)16-6)12-11(8-9(2)3)14(12,4)5/h8,10-12H,7H2,1-6H3/t10?,11-,12+/m1/s1. The molecule has 0 amide bonds. The van der Waals surface area contributed by atoms with Gasteiger partial charge in [0.1, 0.15) is 0 Å². The Labute approximate surface area is 99.1 Å². The molecule has 0 heterocycles. The van der Waals surface area contributed by atoms with Crippen LogP contribution in [-0.2, 0) is 9.53 Å². The second-order valence-corrected chi connectivity index (χ2v) is 5.65. The molecule has 16 heavy (non-hydrogen) atoms. The average Bonchev–Trinajstić information content (AvgIpc) is 2.70. The van der Waals surface area contributed by atoms with Gasteiger partial charge >= 0.3 is 5.97 Å². The predicted molar refractivity (Wildman–Crippen MR) is 66.0 cm³/mol. The molecule has 2 nitrogen and oxygen atoms in total. The largest absolute Gasteiger partial charge is 0.469 e. The number of esters is 1. The lowest BCUT2D eigenvalue weighted by molar-refractivity contribution is -0.146. The van der Waals surface area contributed by atoms with Crippen LogP contribution in [0.25, 0.3) is 0 Å². The third-order valence-corrected chi connectivity index (χ3v) is 3.89. The lowest BCUT2D eigenvalue weighted by atomic mass is 9.95. The van der Waals surface area contributed by atoms with Crippen LogP contribution in [-0.4, -0.2) is 13.1 Å². The first kappa shape index (κ1) is 13.3. The molecular formula is C14H24O2. The number of allylic oxidation sites excluding steroid dienone is 2. The van der Waals surface area contributed by atoms with Gasteiger partial charge in [-0.1, -0.05) is 32.4 Å². The van der Waals surface area contributed by atoms with Crippen molar-refractivity contribution in [2.24, 2.45) is 23.2 Å². The molecule has 0 aromatic rings. The molecule has 1 aliphatic carbocycles. The number of rotatable bonds is 4. The SMILES string of the molecule is CCC(C(=O)OC)[C@H]1[C@@H](C=C(C)C)C1(C)C. The van der Waals surface area contributed by atoms with Gasteiger partial charge in [-0.2, -0.15) is 0 Å². The molecule has 0 aromatic carbocycles. The minimum absolute atomic E-state index is 0.0507. The number of ether oxygens (including phenoxy) is 1. The molecule has 1 unspecified atom stereocenters. The fourth-order valence-electron chi connectivity index (χ4n) is 2.88. The summed E-state index contributed by atoms with van der Waals surface area (Å²) in [5.41, 5.74) is 1.58. The molecule has 0 bridgehead atoms. The summed E-state index contributed by atoms with van der Waals surface area (Å²) >= 11 is 0. The molecule has 3 atom stereocenters. The van der Waals surface area contributed by atoms with E-state index in [1.165, 1.54) is 12.7 Å². The van der Waals surface area contributed by atoms with Crippen LogP contribution in [0.3, 0.4) is 0 Å². The highest BCUT2D eigenvalue weighted by Gasteiger charge is 2.60. The lowest BCUT2D eigenvalue weighted by Gasteiger charge is -2.13. The Bertz CT molecular complexity index is 298. The molecule has 0 aliphatic heterocycles. The number of hydrogen-bond donors (Lipinski definition) is 0. The second kappa shape index (κ2) is 4.60. The first-order valence-electron chi connectivity index (χ1n) is 6.09. The van der Waals surface area contributed by atoms with Crippen LogP contribution in [0.4, 0.5) is 0 Å². The summed E-state index contributed by atoms with van der Waals surface area (Å²) in [7, 11) is 1.48.